The van der Waals surface area contributed by atoms with E-state index >= 15 is 0 Å². The van der Waals surface area contributed by atoms with Crippen molar-refractivity contribution in [1.82, 2.24) is 19.5 Å². The number of nitrogen functional groups attached to an aromatic ring is 1. The first-order valence-electron chi connectivity index (χ1n) is 9.24. The Morgan fingerprint density at radius 3 is 2.62 bits per heavy atom. The Morgan fingerprint density at radius 2 is 1.90 bits per heavy atom. The molecular weight excluding hydrogens is 398 g/mol. The molecule has 2 fully saturated rings. The van der Waals surface area contributed by atoms with Crippen LogP contribution in [0.1, 0.15) is 20.1 Å². The van der Waals surface area contributed by atoms with Crippen molar-refractivity contribution in [3.63, 3.8) is 0 Å². The summed E-state index contributed by atoms with van der Waals surface area (Å²) in [4.78, 5) is 13.4. The van der Waals surface area contributed by atoms with E-state index in [9.17, 15) is 5.11 Å². The lowest BCUT2D eigenvalue weighted by atomic mass is 10.1. The van der Waals surface area contributed by atoms with E-state index < -0.39 is 30.3 Å². The van der Waals surface area contributed by atoms with Crippen LogP contribution < -0.4 is 5.73 Å². The van der Waals surface area contributed by atoms with Crippen LogP contribution >= 0.6 is 11.6 Å². The molecule has 2 aliphatic rings. The third-order valence-corrected chi connectivity index (χ3v) is 5.38. The van der Waals surface area contributed by atoms with E-state index in [4.69, 9.17) is 31.5 Å². The van der Waals surface area contributed by atoms with E-state index in [0.29, 0.717) is 22.0 Å². The number of nitrogens with two attached hydrogens (primary N) is 1. The molecule has 10 heteroatoms. The van der Waals surface area contributed by atoms with Crippen molar-refractivity contribution in [2.45, 2.75) is 44.2 Å². The van der Waals surface area contributed by atoms with Crippen molar-refractivity contribution >= 4 is 28.6 Å². The molecule has 0 bridgehead atoms. The van der Waals surface area contributed by atoms with Crippen LogP contribution in [0.5, 0.6) is 0 Å². The standard InChI is InChI=1S/C19H20ClN5O4/c1-19(2)28-13-11(7-26)27-18(14(13)29-19)25-8-22-12-15(21)23-16(24-17(12)25)9-3-5-10(20)6-4-9/h3-6,8,11,13-14,18,26H,7H2,1-2H3,(H2,21,23,24)/t11-,13-,14-,18-/m1/s1. The van der Waals surface area contributed by atoms with Crippen molar-refractivity contribution in [3.8, 4) is 11.4 Å². The molecule has 29 heavy (non-hydrogen) atoms. The van der Waals surface area contributed by atoms with E-state index in [1.165, 1.54) is 0 Å². The number of hydrogen-bond acceptors (Lipinski definition) is 8. The van der Waals surface area contributed by atoms with Crippen LogP contribution in [-0.2, 0) is 14.2 Å². The summed E-state index contributed by atoms with van der Waals surface area (Å²) in [5.41, 5.74) is 7.90. The second kappa shape index (κ2) is 6.61. The van der Waals surface area contributed by atoms with Gasteiger partial charge in [0.2, 0.25) is 0 Å². The third kappa shape index (κ3) is 3.06. The van der Waals surface area contributed by atoms with Crippen LogP contribution in [0, 0.1) is 0 Å². The monoisotopic (exact) mass is 417 g/mol. The molecule has 5 rings (SSSR count). The van der Waals surface area contributed by atoms with Crippen LogP contribution in [0.2, 0.25) is 5.02 Å². The predicted molar refractivity (Wildman–Crippen MR) is 105 cm³/mol. The van der Waals surface area contributed by atoms with E-state index in [1.54, 1.807) is 23.0 Å². The highest BCUT2D eigenvalue weighted by molar-refractivity contribution is 6.30. The summed E-state index contributed by atoms with van der Waals surface area (Å²) in [7, 11) is 0. The first-order valence-corrected chi connectivity index (χ1v) is 9.62. The fourth-order valence-corrected chi connectivity index (χ4v) is 4.01. The molecule has 2 saturated heterocycles. The lowest BCUT2D eigenvalue weighted by molar-refractivity contribution is -0.199. The van der Waals surface area contributed by atoms with Crippen molar-refractivity contribution in [2.24, 2.45) is 0 Å². The van der Waals surface area contributed by atoms with Gasteiger partial charge in [-0.05, 0) is 38.1 Å². The highest BCUT2D eigenvalue weighted by Crippen LogP contribution is 2.43. The van der Waals surface area contributed by atoms with Gasteiger partial charge in [-0.3, -0.25) is 4.57 Å². The zero-order valence-electron chi connectivity index (χ0n) is 15.8. The van der Waals surface area contributed by atoms with Crippen molar-refractivity contribution < 1.29 is 19.3 Å². The first kappa shape index (κ1) is 18.7. The number of anilines is 1. The second-order valence-corrected chi connectivity index (χ2v) is 8.01. The SMILES string of the molecule is CC1(C)O[C@@H]2[C@H](O1)[C@@H](CO)O[C@H]2n1cnc2c(N)nc(-c3ccc(Cl)cc3)nc21. The first-order chi connectivity index (χ1) is 13.9. The molecule has 4 atom stereocenters. The lowest BCUT2D eigenvalue weighted by Crippen LogP contribution is -2.31. The van der Waals surface area contributed by atoms with Gasteiger partial charge >= 0.3 is 0 Å². The molecule has 2 aliphatic heterocycles. The van der Waals surface area contributed by atoms with Gasteiger partial charge in [0.1, 0.15) is 23.8 Å². The maximum atomic E-state index is 9.73. The number of aromatic nitrogens is 4. The smallest absolute Gasteiger partial charge is 0.168 e. The Hall–Kier alpha value is -2.30. The van der Waals surface area contributed by atoms with E-state index in [0.717, 1.165) is 5.56 Å². The normalized spacial score (nSPS) is 28.1. The number of aliphatic hydroxyl groups is 1. The maximum absolute atomic E-state index is 9.73. The number of halogens is 1. The van der Waals surface area contributed by atoms with Crippen molar-refractivity contribution in [3.05, 3.63) is 35.6 Å². The van der Waals surface area contributed by atoms with Gasteiger partial charge in [0.05, 0.1) is 12.9 Å². The number of ether oxygens (including phenoxy) is 3. The summed E-state index contributed by atoms with van der Waals surface area (Å²) < 4.78 is 19.8. The maximum Gasteiger partial charge on any atom is 0.168 e. The van der Waals surface area contributed by atoms with Crippen LogP contribution in [0.15, 0.2) is 30.6 Å². The molecule has 3 aromatic rings. The minimum absolute atomic E-state index is 0.184. The lowest BCUT2D eigenvalue weighted by Gasteiger charge is -2.24. The molecule has 2 aromatic heterocycles. The van der Waals surface area contributed by atoms with Gasteiger partial charge < -0.3 is 25.1 Å². The summed E-state index contributed by atoms with van der Waals surface area (Å²) in [5, 5.41) is 10.3. The van der Waals surface area contributed by atoms with E-state index in [-0.39, 0.29) is 12.4 Å². The largest absolute Gasteiger partial charge is 0.394 e. The number of rotatable bonds is 3. The third-order valence-electron chi connectivity index (χ3n) is 5.13. The summed E-state index contributed by atoms with van der Waals surface area (Å²) in [6, 6.07) is 7.18. The van der Waals surface area contributed by atoms with Crippen molar-refractivity contribution in [1.29, 1.82) is 0 Å². The minimum Gasteiger partial charge on any atom is -0.394 e. The second-order valence-electron chi connectivity index (χ2n) is 7.58. The van der Waals surface area contributed by atoms with Crippen LogP contribution in [0.25, 0.3) is 22.6 Å². The molecule has 4 heterocycles. The number of imidazole rings is 1. The highest BCUT2D eigenvalue weighted by Gasteiger charge is 2.56. The summed E-state index contributed by atoms with van der Waals surface area (Å²) >= 11 is 5.98. The summed E-state index contributed by atoms with van der Waals surface area (Å²) in [6.07, 6.45) is -0.310. The minimum atomic E-state index is -0.774. The van der Waals surface area contributed by atoms with Gasteiger partial charge in [0.25, 0.3) is 0 Å². The highest BCUT2D eigenvalue weighted by atomic mass is 35.5. The average Bonchev–Trinajstić information content (AvgIpc) is 3.33. The van der Waals surface area contributed by atoms with Gasteiger partial charge in [-0.2, -0.15) is 0 Å². The van der Waals surface area contributed by atoms with Gasteiger partial charge in [-0.15, -0.1) is 0 Å². The predicted octanol–water partition coefficient (Wildman–Crippen LogP) is 2.14. The van der Waals surface area contributed by atoms with E-state index in [2.05, 4.69) is 15.0 Å². The number of nitrogens with zero attached hydrogens (tertiary/aromatic N) is 4. The molecule has 0 amide bonds. The molecule has 1 aromatic carbocycles. The Morgan fingerprint density at radius 1 is 1.17 bits per heavy atom. The number of benzene rings is 1. The molecule has 9 nitrogen and oxygen atoms in total. The summed E-state index contributed by atoms with van der Waals surface area (Å²) in [6.45, 7) is 3.49. The average molecular weight is 418 g/mol. The van der Waals surface area contributed by atoms with Crippen LogP contribution in [-0.4, -0.2) is 55.3 Å². The Kier molecular flexibility index (Phi) is 4.27. The topological polar surface area (TPSA) is 118 Å². The van der Waals surface area contributed by atoms with Crippen LogP contribution in [0.4, 0.5) is 5.82 Å². The van der Waals surface area contributed by atoms with E-state index in [1.807, 2.05) is 26.0 Å². The number of aliphatic hydroxyl groups excluding tert-OH is 1. The zero-order chi connectivity index (χ0) is 20.3. The van der Waals surface area contributed by atoms with Crippen LogP contribution in [0.3, 0.4) is 0 Å². The molecule has 3 N–H and O–H groups in total. The molecule has 0 radical (unpaired) electrons. The van der Waals surface area contributed by atoms with Crippen molar-refractivity contribution in [2.75, 3.05) is 12.3 Å². The molecule has 0 unspecified atom stereocenters. The molecule has 0 saturated carbocycles. The van der Waals surface area contributed by atoms with Gasteiger partial charge in [0, 0.05) is 10.6 Å². The molecule has 0 aliphatic carbocycles. The molecule has 152 valence electrons. The number of fused-ring (bicyclic) bond motifs is 2. The Bertz CT molecular complexity index is 1070. The Labute approximate surface area is 171 Å². The quantitative estimate of drug-likeness (QED) is 0.665. The number of hydrogen-bond donors (Lipinski definition) is 2. The fourth-order valence-electron chi connectivity index (χ4n) is 3.88. The molecule has 0 spiro atoms. The van der Waals surface area contributed by atoms with Gasteiger partial charge in [-0.25, -0.2) is 15.0 Å². The zero-order valence-corrected chi connectivity index (χ0v) is 16.6. The summed E-state index contributed by atoms with van der Waals surface area (Å²) in [5.74, 6) is -0.0645. The molecular formula is C19H20ClN5O4. The fraction of sp³-hybridized carbons (Fsp3) is 0.421. The Balaban J connectivity index is 1.59. The van der Waals surface area contributed by atoms with Gasteiger partial charge in [0.15, 0.2) is 29.3 Å². The van der Waals surface area contributed by atoms with Gasteiger partial charge in [-0.1, -0.05) is 11.6 Å².